The van der Waals surface area contributed by atoms with Crippen molar-refractivity contribution >= 4 is 46.2 Å². The Balaban J connectivity index is 2.59. The van der Waals surface area contributed by atoms with Crippen LogP contribution in [-0.4, -0.2) is 16.0 Å². The van der Waals surface area contributed by atoms with Crippen LogP contribution >= 0.6 is 23.2 Å². The molecule has 0 unspecified atom stereocenters. The van der Waals surface area contributed by atoms with Crippen LogP contribution in [0.4, 0.5) is 17.1 Å². The molecular formula is C13H8Cl2N2O4. The van der Waals surface area contributed by atoms with Crippen molar-refractivity contribution in [3.8, 4) is 0 Å². The molecule has 0 fully saturated rings. The van der Waals surface area contributed by atoms with Crippen LogP contribution in [-0.2, 0) is 0 Å². The van der Waals surface area contributed by atoms with E-state index < -0.39 is 10.9 Å². The van der Waals surface area contributed by atoms with Crippen molar-refractivity contribution in [2.45, 2.75) is 0 Å². The Hall–Kier alpha value is -2.31. The fraction of sp³-hybridized carbons (Fsp3) is 0. The highest BCUT2D eigenvalue weighted by atomic mass is 35.5. The second kappa shape index (κ2) is 5.99. The van der Waals surface area contributed by atoms with Gasteiger partial charge in [0, 0.05) is 11.1 Å². The summed E-state index contributed by atoms with van der Waals surface area (Å²) in [5.41, 5.74) is -0.480. The molecule has 0 aliphatic heterocycles. The SMILES string of the molecule is O=C(O)c1cccc([N+](=O)[O-])c1Nc1cc(Cl)ccc1Cl. The van der Waals surface area contributed by atoms with Gasteiger partial charge in [0.2, 0.25) is 0 Å². The minimum Gasteiger partial charge on any atom is -0.478 e. The standard InChI is InChI=1S/C13H8Cl2N2O4/c14-7-4-5-9(15)10(6-7)16-12-8(13(18)19)2-1-3-11(12)17(20)21/h1-6,16H,(H,18,19). The van der Waals surface area contributed by atoms with E-state index >= 15 is 0 Å². The Morgan fingerprint density at radius 1 is 1.24 bits per heavy atom. The highest BCUT2D eigenvalue weighted by Gasteiger charge is 2.22. The van der Waals surface area contributed by atoms with E-state index in [4.69, 9.17) is 28.3 Å². The zero-order chi connectivity index (χ0) is 15.6. The number of nitrogens with one attached hydrogen (secondary N) is 1. The van der Waals surface area contributed by atoms with Crippen molar-refractivity contribution in [1.29, 1.82) is 0 Å². The highest BCUT2D eigenvalue weighted by molar-refractivity contribution is 6.35. The third kappa shape index (κ3) is 3.24. The Morgan fingerprint density at radius 2 is 1.95 bits per heavy atom. The van der Waals surface area contributed by atoms with E-state index in [1.54, 1.807) is 6.07 Å². The maximum absolute atomic E-state index is 11.2. The van der Waals surface area contributed by atoms with E-state index in [0.29, 0.717) is 5.02 Å². The molecule has 0 radical (unpaired) electrons. The van der Waals surface area contributed by atoms with Gasteiger partial charge in [0.15, 0.2) is 0 Å². The molecule has 0 aliphatic rings. The monoisotopic (exact) mass is 326 g/mol. The summed E-state index contributed by atoms with van der Waals surface area (Å²) in [6, 6.07) is 8.26. The molecule has 2 N–H and O–H groups in total. The van der Waals surface area contributed by atoms with E-state index in [0.717, 1.165) is 0 Å². The van der Waals surface area contributed by atoms with Gasteiger partial charge in [0.1, 0.15) is 5.69 Å². The predicted octanol–water partition coefficient (Wildman–Crippen LogP) is 4.34. The van der Waals surface area contributed by atoms with Crippen molar-refractivity contribution in [1.82, 2.24) is 0 Å². The number of aromatic carboxylic acids is 1. The second-order valence-corrected chi connectivity index (χ2v) is 4.85. The molecular weight excluding hydrogens is 319 g/mol. The van der Waals surface area contributed by atoms with Gasteiger partial charge in [-0.2, -0.15) is 0 Å². The largest absolute Gasteiger partial charge is 0.478 e. The van der Waals surface area contributed by atoms with Gasteiger partial charge in [0.05, 0.1) is 21.2 Å². The lowest BCUT2D eigenvalue weighted by Gasteiger charge is -2.11. The van der Waals surface area contributed by atoms with Crippen molar-refractivity contribution < 1.29 is 14.8 Å². The number of hydrogen-bond acceptors (Lipinski definition) is 4. The summed E-state index contributed by atoms with van der Waals surface area (Å²) in [6.07, 6.45) is 0. The molecule has 0 amide bonds. The lowest BCUT2D eigenvalue weighted by atomic mass is 10.1. The zero-order valence-corrected chi connectivity index (χ0v) is 11.9. The van der Waals surface area contributed by atoms with E-state index in [-0.39, 0.29) is 27.6 Å². The Bertz CT molecular complexity index is 702. The Kier molecular flexibility index (Phi) is 4.30. The summed E-state index contributed by atoms with van der Waals surface area (Å²) in [6.45, 7) is 0. The van der Waals surface area contributed by atoms with Crippen LogP contribution in [0.15, 0.2) is 36.4 Å². The molecule has 6 nitrogen and oxygen atoms in total. The topological polar surface area (TPSA) is 92.5 Å². The molecule has 2 aromatic carbocycles. The number of benzene rings is 2. The lowest BCUT2D eigenvalue weighted by Crippen LogP contribution is -2.06. The molecule has 0 aliphatic carbocycles. The molecule has 108 valence electrons. The number of para-hydroxylation sites is 1. The van der Waals surface area contributed by atoms with Crippen LogP contribution in [0.1, 0.15) is 10.4 Å². The molecule has 0 saturated carbocycles. The van der Waals surface area contributed by atoms with Gasteiger partial charge in [-0.1, -0.05) is 29.3 Å². The van der Waals surface area contributed by atoms with Gasteiger partial charge in [-0.05, 0) is 24.3 Å². The van der Waals surface area contributed by atoms with E-state index in [1.165, 1.54) is 30.3 Å². The van der Waals surface area contributed by atoms with E-state index in [2.05, 4.69) is 5.32 Å². The molecule has 0 spiro atoms. The van der Waals surface area contributed by atoms with Crippen molar-refractivity contribution in [3.63, 3.8) is 0 Å². The number of halogens is 2. The smallest absolute Gasteiger partial charge is 0.338 e. The summed E-state index contributed by atoms with van der Waals surface area (Å²) < 4.78 is 0. The summed E-state index contributed by atoms with van der Waals surface area (Å²) in [7, 11) is 0. The predicted molar refractivity (Wildman–Crippen MR) is 79.8 cm³/mol. The minimum absolute atomic E-state index is 0.154. The molecule has 0 bridgehead atoms. The summed E-state index contributed by atoms with van der Waals surface area (Å²) >= 11 is 11.8. The molecule has 0 heterocycles. The van der Waals surface area contributed by atoms with Gasteiger partial charge >= 0.3 is 5.97 Å². The lowest BCUT2D eigenvalue weighted by molar-refractivity contribution is -0.383. The van der Waals surface area contributed by atoms with Gasteiger partial charge < -0.3 is 10.4 Å². The normalized spacial score (nSPS) is 10.2. The van der Waals surface area contributed by atoms with Gasteiger partial charge in [-0.15, -0.1) is 0 Å². The Morgan fingerprint density at radius 3 is 2.57 bits per heavy atom. The summed E-state index contributed by atoms with van der Waals surface area (Å²) in [5.74, 6) is -1.29. The highest BCUT2D eigenvalue weighted by Crippen LogP contribution is 2.35. The summed E-state index contributed by atoms with van der Waals surface area (Å²) in [4.78, 5) is 21.6. The van der Waals surface area contributed by atoms with Crippen LogP contribution in [0.25, 0.3) is 0 Å². The van der Waals surface area contributed by atoms with Gasteiger partial charge in [-0.25, -0.2) is 4.79 Å². The van der Waals surface area contributed by atoms with Gasteiger partial charge in [0.25, 0.3) is 5.69 Å². The van der Waals surface area contributed by atoms with Crippen LogP contribution in [0, 0.1) is 10.1 Å². The molecule has 8 heteroatoms. The fourth-order valence-electron chi connectivity index (χ4n) is 1.73. The quantitative estimate of drug-likeness (QED) is 0.643. The fourth-order valence-corrected chi connectivity index (χ4v) is 2.07. The molecule has 0 atom stereocenters. The third-order valence-corrected chi connectivity index (χ3v) is 3.22. The third-order valence-electron chi connectivity index (χ3n) is 2.66. The first-order valence-corrected chi connectivity index (χ1v) is 6.38. The first-order valence-electron chi connectivity index (χ1n) is 5.63. The maximum atomic E-state index is 11.2. The minimum atomic E-state index is -1.29. The van der Waals surface area contributed by atoms with Crippen LogP contribution < -0.4 is 5.32 Å². The second-order valence-electron chi connectivity index (χ2n) is 4.01. The van der Waals surface area contributed by atoms with Crippen LogP contribution in [0.5, 0.6) is 0 Å². The Labute approximate surface area is 129 Å². The van der Waals surface area contributed by atoms with Crippen LogP contribution in [0.2, 0.25) is 10.0 Å². The number of carboxylic acid groups (broad SMARTS) is 1. The van der Waals surface area contributed by atoms with Crippen LogP contribution in [0.3, 0.4) is 0 Å². The number of nitro groups is 1. The van der Waals surface area contributed by atoms with E-state index in [1.807, 2.05) is 0 Å². The van der Waals surface area contributed by atoms with Gasteiger partial charge in [-0.3, -0.25) is 10.1 Å². The average Bonchev–Trinajstić information content (AvgIpc) is 2.42. The van der Waals surface area contributed by atoms with Crippen molar-refractivity contribution in [2.75, 3.05) is 5.32 Å². The maximum Gasteiger partial charge on any atom is 0.338 e. The first-order chi connectivity index (χ1) is 9.90. The number of rotatable bonds is 4. The molecule has 0 aromatic heterocycles. The first kappa shape index (κ1) is 15.1. The molecule has 2 rings (SSSR count). The number of nitro benzene ring substituents is 1. The number of anilines is 2. The van der Waals surface area contributed by atoms with Crippen molar-refractivity contribution in [2.24, 2.45) is 0 Å². The zero-order valence-electron chi connectivity index (χ0n) is 10.3. The number of carbonyl (C=O) groups is 1. The molecule has 21 heavy (non-hydrogen) atoms. The number of carboxylic acids is 1. The van der Waals surface area contributed by atoms with Crippen molar-refractivity contribution in [3.05, 3.63) is 62.1 Å². The molecule has 0 saturated heterocycles. The number of hydrogen-bond donors (Lipinski definition) is 2. The molecule has 2 aromatic rings. The average molecular weight is 327 g/mol. The van der Waals surface area contributed by atoms with E-state index in [9.17, 15) is 14.9 Å². The number of nitrogens with zero attached hydrogens (tertiary/aromatic N) is 1. The summed E-state index contributed by atoms with van der Waals surface area (Å²) in [5, 5.41) is 23.5.